The van der Waals surface area contributed by atoms with Crippen molar-refractivity contribution in [2.24, 2.45) is 10.9 Å². The minimum Gasteiger partial charge on any atom is -0.481 e. The summed E-state index contributed by atoms with van der Waals surface area (Å²) >= 11 is 0. The van der Waals surface area contributed by atoms with Crippen LogP contribution in [-0.2, 0) is 4.79 Å². The van der Waals surface area contributed by atoms with Crippen LogP contribution < -0.4 is 4.90 Å². The summed E-state index contributed by atoms with van der Waals surface area (Å²) in [6, 6.07) is 22.1. The summed E-state index contributed by atoms with van der Waals surface area (Å²) in [6.07, 6.45) is 4.50. The smallest absolute Gasteiger partial charge is 0.306 e. The number of piperidine rings is 1. The molecule has 1 aliphatic rings. The van der Waals surface area contributed by atoms with Gasteiger partial charge < -0.3 is 15.0 Å². The molecule has 1 saturated heterocycles. The van der Waals surface area contributed by atoms with Crippen LogP contribution in [0.5, 0.6) is 0 Å². The molecule has 2 aromatic carbocycles. The topological polar surface area (TPSA) is 94.5 Å². The Hall–Kier alpha value is -4.00. The number of carbonyl (C=O) groups is 1. The van der Waals surface area contributed by atoms with Crippen LogP contribution in [0.4, 0.5) is 5.82 Å². The summed E-state index contributed by atoms with van der Waals surface area (Å²) in [5, 5.41) is 10.6. The van der Waals surface area contributed by atoms with Gasteiger partial charge in [0.15, 0.2) is 0 Å². The summed E-state index contributed by atoms with van der Waals surface area (Å²) < 4.78 is 0. The number of carboxylic acid groups (broad SMARTS) is 1. The van der Waals surface area contributed by atoms with Gasteiger partial charge in [0, 0.05) is 23.9 Å². The van der Waals surface area contributed by atoms with Gasteiger partial charge in [-0.3, -0.25) is 9.79 Å². The Kier molecular flexibility index (Phi) is 5.85. The van der Waals surface area contributed by atoms with Gasteiger partial charge in [0.2, 0.25) is 0 Å². The average molecular weight is 440 g/mol. The maximum Gasteiger partial charge on any atom is 0.306 e. The van der Waals surface area contributed by atoms with E-state index in [4.69, 9.17) is 4.99 Å². The number of aromatic amines is 1. The van der Waals surface area contributed by atoms with Crippen molar-refractivity contribution < 1.29 is 9.90 Å². The van der Waals surface area contributed by atoms with Crippen molar-refractivity contribution in [3.8, 4) is 0 Å². The number of carboxylic acids is 1. The van der Waals surface area contributed by atoms with E-state index in [9.17, 15) is 9.90 Å². The van der Waals surface area contributed by atoms with Gasteiger partial charge in [0.25, 0.3) is 0 Å². The molecule has 2 aromatic heterocycles. The van der Waals surface area contributed by atoms with Gasteiger partial charge in [-0.25, -0.2) is 9.97 Å². The number of hydrogen-bond acceptors (Lipinski definition) is 5. The standard InChI is InChI=1S/C26H25N5O2/c32-26(33)20-12-14-31(25-22-11-13-27-24(22)29-17-30-25)21(15-20)16-28-23(18-7-3-1-4-8-18)19-9-5-2-6-10-19/h1-11,13,17,20-21H,12,14-16H2,(H,32,33)(H,27,29,30). The first kappa shape index (κ1) is 20.9. The third-order valence-electron chi connectivity index (χ3n) is 6.22. The number of benzene rings is 2. The van der Waals surface area contributed by atoms with Gasteiger partial charge >= 0.3 is 5.97 Å². The molecule has 1 aliphatic heterocycles. The molecule has 0 saturated carbocycles. The van der Waals surface area contributed by atoms with E-state index < -0.39 is 5.97 Å². The first-order valence-electron chi connectivity index (χ1n) is 11.1. The monoisotopic (exact) mass is 439 g/mol. The van der Waals surface area contributed by atoms with Crippen molar-refractivity contribution >= 4 is 28.5 Å². The predicted molar refractivity (Wildman–Crippen MR) is 129 cm³/mol. The van der Waals surface area contributed by atoms with Crippen molar-refractivity contribution in [1.29, 1.82) is 0 Å². The molecule has 2 atom stereocenters. The third-order valence-corrected chi connectivity index (χ3v) is 6.22. The third kappa shape index (κ3) is 4.35. The van der Waals surface area contributed by atoms with Crippen LogP contribution in [0.2, 0.25) is 0 Å². The fourth-order valence-corrected chi connectivity index (χ4v) is 4.55. The summed E-state index contributed by atoms with van der Waals surface area (Å²) in [5.41, 5.74) is 3.76. The lowest BCUT2D eigenvalue weighted by Gasteiger charge is -2.38. The Balaban J connectivity index is 1.52. The molecule has 7 heteroatoms. The number of hydrogen-bond donors (Lipinski definition) is 2. The van der Waals surface area contributed by atoms with E-state index in [-0.39, 0.29) is 12.0 Å². The maximum absolute atomic E-state index is 11.8. The first-order valence-corrected chi connectivity index (χ1v) is 11.1. The molecule has 33 heavy (non-hydrogen) atoms. The number of aromatic nitrogens is 3. The molecule has 4 aromatic rings. The van der Waals surface area contributed by atoms with Crippen LogP contribution in [0.15, 0.2) is 84.2 Å². The highest BCUT2D eigenvalue weighted by atomic mass is 16.4. The number of fused-ring (bicyclic) bond motifs is 1. The fourth-order valence-electron chi connectivity index (χ4n) is 4.55. The highest BCUT2D eigenvalue weighted by Crippen LogP contribution is 2.31. The van der Waals surface area contributed by atoms with E-state index in [2.05, 4.69) is 44.1 Å². The molecule has 2 unspecified atom stereocenters. The van der Waals surface area contributed by atoms with Gasteiger partial charge in [-0.15, -0.1) is 0 Å². The lowest BCUT2D eigenvalue weighted by molar-refractivity contribution is -0.142. The van der Waals surface area contributed by atoms with Crippen LogP contribution in [0.1, 0.15) is 24.0 Å². The molecule has 7 nitrogen and oxygen atoms in total. The number of anilines is 1. The van der Waals surface area contributed by atoms with Crippen LogP contribution in [-0.4, -0.2) is 50.9 Å². The van der Waals surface area contributed by atoms with E-state index in [1.165, 1.54) is 0 Å². The number of aliphatic carboxylic acids is 1. The zero-order valence-corrected chi connectivity index (χ0v) is 18.1. The second-order valence-corrected chi connectivity index (χ2v) is 8.27. The zero-order chi connectivity index (χ0) is 22.6. The molecule has 1 fully saturated rings. The van der Waals surface area contributed by atoms with Crippen LogP contribution in [0.3, 0.4) is 0 Å². The molecule has 0 aliphatic carbocycles. The Labute approximate surface area is 191 Å². The normalized spacial score (nSPS) is 18.2. The molecule has 2 N–H and O–H groups in total. The zero-order valence-electron chi connectivity index (χ0n) is 18.1. The Bertz CT molecular complexity index is 1230. The first-order chi connectivity index (χ1) is 16.2. The lowest BCUT2D eigenvalue weighted by Crippen LogP contribution is -2.46. The Morgan fingerprint density at radius 1 is 1.03 bits per heavy atom. The van der Waals surface area contributed by atoms with Gasteiger partial charge in [-0.1, -0.05) is 60.7 Å². The van der Waals surface area contributed by atoms with E-state index in [1.54, 1.807) is 6.33 Å². The molecule has 166 valence electrons. The minimum absolute atomic E-state index is 0.0877. The summed E-state index contributed by atoms with van der Waals surface area (Å²) in [5.74, 6) is -0.308. The summed E-state index contributed by atoms with van der Waals surface area (Å²) in [7, 11) is 0. The van der Waals surface area contributed by atoms with E-state index in [0.29, 0.717) is 25.9 Å². The molecule has 0 amide bonds. The fraction of sp³-hybridized carbons (Fsp3) is 0.231. The van der Waals surface area contributed by atoms with Crippen molar-refractivity contribution in [1.82, 2.24) is 15.0 Å². The number of nitrogens with one attached hydrogen (secondary N) is 1. The Morgan fingerprint density at radius 2 is 1.73 bits per heavy atom. The summed E-state index contributed by atoms with van der Waals surface area (Å²) in [6.45, 7) is 1.08. The molecular formula is C26H25N5O2. The number of H-pyrrole nitrogens is 1. The Morgan fingerprint density at radius 3 is 2.39 bits per heavy atom. The van der Waals surface area contributed by atoms with Crippen molar-refractivity contribution in [3.63, 3.8) is 0 Å². The molecule has 0 spiro atoms. The molecule has 3 heterocycles. The predicted octanol–water partition coefficient (Wildman–Crippen LogP) is 4.17. The van der Waals surface area contributed by atoms with Gasteiger partial charge in [-0.05, 0) is 18.9 Å². The second kappa shape index (κ2) is 9.24. The number of rotatable bonds is 6. The van der Waals surface area contributed by atoms with Crippen LogP contribution in [0.25, 0.3) is 11.0 Å². The highest BCUT2D eigenvalue weighted by Gasteiger charge is 2.33. The largest absolute Gasteiger partial charge is 0.481 e. The van der Waals surface area contributed by atoms with E-state index in [1.807, 2.05) is 48.7 Å². The number of aliphatic imine (C=N–C) groups is 1. The average Bonchev–Trinajstić information content (AvgIpc) is 3.35. The highest BCUT2D eigenvalue weighted by molar-refractivity contribution is 6.12. The van der Waals surface area contributed by atoms with E-state index in [0.717, 1.165) is 33.7 Å². The molecular weight excluding hydrogens is 414 g/mol. The quantitative estimate of drug-likeness (QED) is 0.440. The van der Waals surface area contributed by atoms with Crippen molar-refractivity contribution in [2.45, 2.75) is 18.9 Å². The second-order valence-electron chi connectivity index (χ2n) is 8.27. The molecule has 5 rings (SSSR count). The van der Waals surface area contributed by atoms with Gasteiger partial charge in [0.1, 0.15) is 17.8 Å². The molecule has 0 radical (unpaired) electrons. The van der Waals surface area contributed by atoms with Crippen molar-refractivity contribution in [2.75, 3.05) is 18.0 Å². The summed E-state index contributed by atoms with van der Waals surface area (Å²) in [4.78, 5) is 31.1. The van der Waals surface area contributed by atoms with E-state index >= 15 is 0 Å². The SMILES string of the molecule is O=C(O)C1CCN(c2ncnc3[nH]ccc23)C(CN=C(c2ccccc2)c2ccccc2)C1. The molecule has 0 bridgehead atoms. The van der Waals surface area contributed by atoms with Crippen molar-refractivity contribution in [3.05, 3.63) is 90.4 Å². The van der Waals surface area contributed by atoms with Crippen LogP contribution in [0, 0.1) is 5.92 Å². The number of nitrogens with zero attached hydrogens (tertiary/aromatic N) is 4. The van der Waals surface area contributed by atoms with Gasteiger partial charge in [-0.2, -0.15) is 0 Å². The minimum atomic E-state index is -0.746. The lowest BCUT2D eigenvalue weighted by atomic mass is 9.90. The van der Waals surface area contributed by atoms with Crippen LogP contribution >= 0.6 is 0 Å². The van der Waals surface area contributed by atoms with Gasteiger partial charge in [0.05, 0.1) is 29.6 Å². The maximum atomic E-state index is 11.8.